The number of likely N-dealkylation sites (N-methyl/N-ethyl adjacent to an activating group) is 1. The van der Waals surface area contributed by atoms with Crippen LogP contribution in [0, 0.1) is 24.3 Å². The number of hydrogen-bond donors (Lipinski definition) is 1. The van der Waals surface area contributed by atoms with Crippen LogP contribution in [0.3, 0.4) is 0 Å². The summed E-state index contributed by atoms with van der Waals surface area (Å²) in [5.41, 5.74) is -0.0114. The predicted octanol–water partition coefficient (Wildman–Crippen LogP) is 3.68. The molecule has 0 spiro atoms. The van der Waals surface area contributed by atoms with Crippen molar-refractivity contribution in [3.05, 3.63) is 83.0 Å². The molecule has 1 unspecified atom stereocenters. The van der Waals surface area contributed by atoms with Gasteiger partial charge < -0.3 is 29.2 Å². The lowest BCUT2D eigenvalue weighted by atomic mass is 10.0. The highest BCUT2D eigenvalue weighted by atomic mass is 16.6. The van der Waals surface area contributed by atoms with Gasteiger partial charge >= 0.3 is 12.0 Å². The molecule has 1 N–H and O–H groups in total. The van der Waals surface area contributed by atoms with E-state index in [1.807, 2.05) is 32.0 Å². The Bertz CT molecular complexity index is 1670. The number of benzene rings is 2. The van der Waals surface area contributed by atoms with E-state index in [-0.39, 0.29) is 37.3 Å². The summed E-state index contributed by atoms with van der Waals surface area (Å²) in [6.45, 7) is 9.18. The van der Waals surface area contributed by atoms with Gasteiger partial charge in [-0.3, -0.25) is 14.6 Å². The Kier molecular flexibility index (Phi) is 8.79. The number of nitrogens with zero attached hydrogens (tertiary/aromatic N) is 3. The second-order valence-corrected chi connectivity index (χ2v) is 10.7. The van der Waals surface area contributed by atoms with E-state index in [9.17, 15) is 14.4 Å². The average Bonchev–Trinajstić information content (AvgIpc) is 3.11. The maximum Gasteiger partial charge on any atom is 0.396 e. The van der Waals surface area contributed by atoms with E-state index in [0.717, 1.165) is 0 Å². The molecule has 11 heteroatoms. The number of hydrogen-bond acceptors (Lipinski definition) is 8. The minimum atomic E-state index is -1.12. The fourth-order valence-electron chi connectivity index (χ4n) is 4.52. The van der Waals surface area contributed by atoms with Crippen LogP contribution in [0.5, 0.6) is 17.2 Å². The fraction of sp³-hybridized carbons (Fsp3) is 0.303. The van der Waals surface area contributed by atoms with Crippen LogP contribution in [-0.4, -0.2) is 67.3 Å². The lowest BCUT2D eigenvalue weighted by Crippen LogP contribution is -2.53. The summed E-state index contributed by atoms with van der Waals surface area (Å²) in [5, 5.41) is 2.72. The van der Waals surface area contributed by atoms with Crippen molar-refractivity contribution in [3.63, 3.8) is 0 Å². The number of anilines is 1. The van der Waals surface area contributed by atoms with Gasteiger partial charge in [-0.05, 0) is 42.3 Å². The van der Waals surface area contributed by atoms with Crippen LogP contribution in [0.15, 0.2) is 66.9 Å². The van der Waals surface area contributed by atoms with Crippen LogP contribution in [0.2, 0.25) is 0 Å². The van der Waals surface area contributed by atoms with Gasteiger partial charge in [0.2, 0.25) is 5.60 Å². The highest BCUT2D eigenvalue weighted by Crippen LogP contribution is 2.32. The van der Waals surface area contributed by atoms with E-state index in [0.29, 0.717) is 28.5 Å². The molecule has 2 aliphatic heterocycles. The molecule has 1 saturated heterocycles. The van der Waals surface area contributed by atoms with Gasteiger partial charge in [0.1, 0.15) is 48.8 Å². The molecule has 0 bridgehead atoms. The predicted molar refractivity (Wildman–Crippen MR) is 161 cm³/mol. The maximum atomic E-state index is 13.4. The van der Waals surface area contributed by atoms with Crippen molar-refractivity contribution in [2.75, 3.05) is 31.8 Å². The van der Waals surface area contributed by atoms with Gasteiger partial charge in [0, 0.05) is 30.8 Å². The minimum Gasteiger partial charge on any atom is -0.489 e. The first-order valence-corrected chi connectivity index (χ1v) is 14.0. The van der Waals surface area contributed by atoms with Crippen molar-refractivity contribution < 1.29 is 33.3 Å². The summed E-state index contributed by atoms with van der Waals surface area (Å²) in [4.78, 5) is 48.2. The third-order valence-corrected chi connectivity index (χ3v) is 7.04. The fourth-order valence-corrected chi connectivity index (χ4v) is 4.52. The highest BCUT2D eigenvalue weighted by Gasteiger charge is 2.45. The number of rotatable bonds is 7. The molecule has 5 rings (SSSR count). The standard InChI is InChI=1S/C33H30N4O7/c1-21(2)29(34-3)32(40)44-33(19-41-20-33)14-12-22-10-11-28-27(16-22)37(4)31(39)26(18-42-28)36-30(38)25-17-24(13-15-35-25)43-23-8-6-5-7-9-23/h3,5-11,13,15-17,21,26,29H,18-20H2,1-2,4H3/p+1/t26?,29-/m0/s1. The largest absolute Gasteiger partial charge is 0.489 e. The summed E-state index contributed by atoms with van der Waals surface area (Å²) >= 11 is 0. The normalized spacial score (nSPS) is 17.3. The third-order valence-electron chi connectivity index (χ3n) is 7.04. The van der Waals surface area contributed by atoms with Crippen LogP contribution in [0.4, 0.5) is 5.69 Å². The molecule has 2 aliphatic rings. The van der Waals surface area contributed by atoms with E-state index >= 15 is 0 Å². The Morgan fingerprint density at radius 3 is 2.59 bits per heavy atom. The number of para-hydroxylation sites is 1. The van der Waals surface area contributed by atoms with Crippen molar-refractivity contribution in [2.45, 2.75) is 31.5 Å². The third kappa shape index (κ3) is 6.64. The Morgan fingerprint density at radius 2 is 1.91 bits per heavy atom. The summed E-state index contributed by atoms with van der Waals surface area (Å²) in [6, 6.07) is 15.6. The van der Waals surface area contributed by atoms with E-state index in [1.165, 1.54) is 17.2 Å². The minimum absolute atomic E-state index is 0.0858. The van der Waals surface area contributed by atoms with E-state index in [1.54, 1.807) is 43.4 Å². The Morgan fingerprint density at radius 1 is 1.14 bits per heavy atom. The number of carbonyl (C=O) groups is 3. The molecule has 11 nitrogen and oxygen atoms in total. The summed E-state index contributed by atoms with van der Waals surface area (Å²) in [7, 11) is 1.59. The zero-order valence-corrected chi connectivity index (χ0v) is 24.5. The molecular weight excluding hydrogens is 564 g/mol. The Labute approximate surface area is 254 Å². The number of fused-ring (bicyclic) bond motifs is 1. The highest BCUT2D eigenvalue weighted by molar-refractivity contribution is 6.03. The van der Waals surface area contributed by atoms with E-state index in [2.05, 4.69) is 27.0 Å². The summed E-state index contributed by atoms with van der Waals surface area (Å²) in [6.07, 6.45) is 1.46. The quantitative estimate of drug-likeness (QED) is 0.325. The zero-order valence-electron chi connectivity index (χ0n) is 24.5. The van der Waals surface area contributed by atoms with Crippen LogP contribution in [-0.2, 0) is 19.1 Å². The molecule has 2 amide bonds. The SMILES string of the molecule is C#[N+][C@H](C(=O)OC1(C#Cc2ccc3c(c2)N(C)C(=O)C(NC(=O)c2cc(Oc4ccccc4)ccn2)CO3)COC1)C(C)C. The summed E-state index contributed by atoms with van der Waals surface area (Å²) in [5.74, 6) is 5.85. The first-order valence-electron chi connectivity index (χ1n) is 14.0. The second-order valence-electron chi connectivity index (χ2n) is 10.7. The number of carbonyl (C=O) groups excluding carboxylic acids is 3. The molecule has 1 aromatic heterocycles. The molecule has 2 atom stereocenters. The van der Waals surface area contributed by atoms with Gasteiger partial charge in [0.15, 0.2) is 0 Å². The number of pyridine rings is 1. The van der Waals surface area contributed by atoms with E-state index in [4.69, 9.17) is 25.5 Å². The van der Waals surface area contributed by atoms with Crippen molar-refractivity contribution in [1.29, 1.82) is 0 Å². The van der Waals surface area contributed by atoms with Gasteiger partial charge in [0.25, 0.3) is 18.4 Å². The number of aromatic nitrogens is 1. The smallest absolute Gasteiger partial charge is 0.396 e. The van der Waals surface area contributed by atoms with E-state index < -0.39 is 29.6 Å². The van der Waals surface area contributed by atoms with Crippen LogP contribution < -0.4 is 19.7 Å². The molecule has 0 radical (unpaired) electrons. The lowest BCUT2D eigenvalue weighted by molar-refractivity contribution is -0.193. The molecule has 0 aliphatic carbocycles. The van der Waals surface area contributed by atoms with Gasteiger partial charge in [-0.2, -0.15) is 0 Å². The van der Waals surface area contributed by atoms with Gasteiger partial charge in [-0.1, -0.05) is 42.8 Å². The first kappa shape index (κ1) is 30.1. The van der Waals surface area contributed by atoms with Crippen molar-refractivity contribution >= 4 is 23.5 Å². The Hall–Kier alpha value is -5.39. The molecule has 44 heavy (non-hydrogen) atoms. The Balaban J connectivity index is 1.27. The monoisotopic (exact) mass is 595 g/mol. The molecule has 1 fully saturated rings. The number of nitrogens with one attached hydrogen (secondary N) is 1. The number of amides is 2. The van der Waals surface area contributed by atoms with Crippen LogP contribution >= 0.6 is 0 Å². The topological polar surface area (TPSA) is 121 Å². The van der Waals surface area contributed by atoms with Crippen molar-refractivity contribution in [1.82, 2.24) is 10.3 Å². The van der Waals surface area contributed by atoms with Crippen molar-refractivity contribution in [3.8, 4) is 35.7 Å². The van der Waals surface area contributed by atoms with Gasteiger partial charge in [-0.15, -0.1) is 0 Å². The van der Waals surface area contributed by atoms with Crippen LogP contribution in [0.25, 0.3) is 4.85 Å². The molecular formula is C33H31N4O7+. The van der Waals surface area contributed by atoms with Gasteiger partial charge in [0.05, 0.1) is 5.69 Å². The average molecular weight is 596 g/mol. The molecule has 3 heterocycles. The molecule has 0 saturated carbocycles. The lowest BCUT2D eigenvalue weighted by Gasteiger charge is -2.35. The summed E-state index contributed by atoms with van der Waals surface area (Å²) < 4.78 is 22.6. The molecule has 2 aromatic carbocycles. The number of esters is 1. The zero-order chi connectivity index (χ0) is 31.3. The second kappa shape index (κ2) is 12.9. The first-order chi connectivity index (χ1) is 21.2. The number of ether oxygens (including phenoxy) is 4. The maximum absolute atomic E-state index is 13.4. The van der Waals surface area contributed by atoms with Crippen molar-refractivity contribution in [2.24, 2.45) is 5.92 Å². The van der Waals surface area contributed by atoms with Gasteiger partial charge in [-0.25, -0.2) is 4.79 Å². The molecule has 224 valence electrons. The van der Waals surface area contributed by atoms with Crippen LogP contribution in [0.1, 0.15) is 29.9 Å². The molecule has 3 aromatic rings.